The van der Waals surface area contributed by atoms with Crippen molar-refractivity contribution in [2.24, 2.45) is 0 Å². The van der Waals surface area contributed by atoms with Gasteiger partial charge in [-0.05, 0) is 23.0 Å². The second kappa shape index (κ2) is 7.68. The van der Waals surface area contributed by atoms with Gasteiger partial charge in [0.2, 0.25) is 0 Å². The van der Waals surface area contributed by atoms with Crippen LogP contribution in [0.3, 0.4) is 0 Å². The highest BCUT2D eigenvalue weighted by Crippen LogP contribution is 2.28. The molecule has 6 heteroatoms. The van der Waals surface area contributed by atoms with Crippen molar-refractivity contribution in [3.05, 3.63) is 47.5 Å². The molecular weight excluding hydrogens is 312 g/mol. The van der Waals surface area contributed by atoms with E-state index >= 15 is 0 Å². The first-order valence-corrected chi connectivity index (χ1v) is 8.29. The summed E-state index contributed by atoms with van der Waals surface area (Å²) in [5.74, 6) is 0.274. The zero-order valence-corrected chi connectivity index (χ0v) is 14.3. The molecule has 0 saturated carbocycles. The number of anilines is 1. The van der Waals surface area contributed by atoms with Crippen LogP contribution < -0.4 is 20.6 Å². The van der Waals surface area contributed by atoms with E-state index in [1.54, 1.807) is 0 Å². The third kappa shape index (κ3) is 3.84. The smallest absolute Gasteiger partial charge is 0.307 e. The Hall–Kier alpha value is -2.36. The number of fused-ring (bicyclic) bond motifs is 1. The Labute approximate surface area is 150 Å². The summed E-state index contributed by atoms with van der Waals surface area (Å²) in [7, 11) is 13.9. The minimum Gasteiger partial charge on any atom is -0.490 e. The summed E-state index contributed by atoms with van der Waals surface area (Å²) in [5.41, 5.74) is 4.13. The number of carbonyl (C=O) groups is 1. The molecule has 0 spiro atoms. The summed E-state index contributed by atoms with van der Waals surface area (Å²) in [4.78, 5) is 13.5. The largest absolute Gasteiger partial charge is 0.490 e. The molecule has 4 radical (unpaired) electrons. The van der Waals surface area contributed by atoms with Crippen molar-refractivity contribution in [1.82, 2.24) is 0 Å². The summed E-state index contributed by atoms with van der Waals surface area (Å²) in [6.45, 7) is 1.76. The van der Waals surface area contributed by atoms with Gasteiger partial charge in [0.15, 0.2) is 0 Å². The highest BCUT2D eigenvalue weighted by atomic mass is 16.5. The molecule has 124 valence electrons. The van der Waals surface area contributed by atoms with Crippen LogP contribution in [-0.2, 0) is 22.6 Å². The number of hydrogen-bond donors (Lipinski definition) is 0. The summed E-state index contributed by atoms with van der Waals surface area (Å²) in [6, 6.07) is 11.8. The molecule has 3 rings (SSSR count). The maximum atomic E-state index is 11.4. The first-order valence-electron chi connectivity index (χ1n) is 8.29. The van der Waals surface area contributed by atoms with Gasteiger partial charge in [0, 0.05) is 18.8 Å². The SMILES string of the molecule is [B]c1cc2c(c([B])c1OCc1ccccc1)N(CCC(=O)OC)CC2. The lowest BCUT2D eigenvalue weighted by atomic mass is 9.82. The van der Waals surface area contributed by atoms with Crippen LogP contribution in [-0.4, -0.2) is 41.9 Å². The van der Waals surface area contributed by atoms with E-state index in [0.717, 1.165) is 29.8 Å². The van der Waals surface area contributed by atoms with Gasteiger partial charge in [-0.25, -0.2) is 0 Å². The van der Waals surface area contributed by atoms with E-state index in [1.165, 1.54) is 7.11 Å². The Kier molecular flexibility index (Phi) is 5.37. The normalized spacial score (nSPS) is 12.8. The van der Waals surface area contributed by atoms with Crippen LogP contribution in [0.4, 0.5) is 5.69 Å². The van der Waals surface area contributed by atoms with Crippen LogP contribution >= 0.6 is 0 Å². The number of methoxy groups -OCH3 is 1. The molecule has 2 aromatic rings. The van der Waals surface area contributed by atoms with Crippen molar-refractivity contribution in [3.63, 3.8) is 0 Å². The number of hydrogen-bond acceptors (Lipinski definition) is 4. The molecular formula is C19H19B2NO3. The van der Waals surface area contributed by atoms with Gasteiger partial charge in [-0.15, -0.1) is 0 Å². The predicted octanol–water partition coefficient (Wildman–Crippen LogP) is 0.779. The summed E-state index contributed by atoms with van der Waals surface area (Å²) in [5, 5.41) is 0. The Balaban J connectivity index is 1.80. The van der Waals surface area contributed by atoms with Crippen molar-refractivity contribution < 1.29 is 14.3 Å². The molecule has 0 aromatic heterocycles. The highest BCUT2D eigenvalue weighted by molar-refractivity contribution is 6.44. The Bertz CT molecular complexity index is 765. The van der Waals surface area contributed by atoms with Crippen molar-refractivity contribution in [3.8, 4) is 5.75 Å². The molecule has 1 heterocycles. The number of rotatable bonds is 6. The molecule has 1 aliphatic rings. The quantitative estimate of drug-likeness (QED) is 0.579. The van der Waals surface area contributed by atoms with Crippen LogP contribution in [0.15, 0.2) is 36.4 Å². The average Bonchev–Trinajstić information content (AvgIpc) is 3.03. The molecule has 0 aliphatic carbocycles. The van der Waals surface area contributed by atoms with Gasteiger partial charge < -0.3 is 14.4 Å². The lowest BCUT2D eigenvalue weighted by molar-refractivity contribution is -0.140. The zero-order chi connectivity index (χ0) is 17.8. The first kappa shape index (κ1) is 17.5. The highest BCUT2D eigenvalue weighted by Gasteiger charge is 2.24. The molecule has 0 N–H and O–H groups in total. The molecule has 0 amide bonds. The molecule has 0 fully saturated rings. The Morgan fingerprint density at radius 1 is 1.24 bits per heavy atom. The van der Waals surface area contributed by atoms with E-state index in [0.29, 0.717) is 36.2 Å². The predicted molar refractivity (Wildman–Crippen MR) is 101 cm³/mol. The fourth-order valence-corrected chi connectivity index (χ4v) is 3.13. The molecule has 2 aromatic carbocycles. The van der Waals surface area contributed by atoms with Gasteiger partial charge in [0.25, 0.3) is 0 Å². The Morgan fingerprint density at radius 2 is 2.00 bits per heavy atom. The number of carbonyl (C=O) groups excluding carboxylic acids is 1. The van der Waals surface area contributed by atoms with Crippen LogP contribution in [0.2, 0.25) is 0 Å². The van der Waals surface area contributed by atoms with Crippen molar-refractivity contribution in [1.29, 1.82) is 0 Å². The zero-order valence-electron chi connectivity index (χ0n) is 14.3. The monoisotopic (exact) mass is 331 g/mol. The van der Waals surface area contributed by atoms with Crippen molar-refractivity contribution in [2.45, 2.75) is 19.4 Å². The molecule has 4 nitrogen and oxygen atoms in total. The minimum atomic E-state index is -0.233. The minimum absolute atomic E-state index is 0.233. The Morgan fingerprint density at radius 3 is 2.72 bits per heavy atom. The third-order valence-corrected chi connectivity index (χ3v) is 4.40. The molecule has 0 bridgehead atoms. The topological polar surface area (TPSA) is 38.8 Å². The van der Waals surface area contributed by atoms with Gasteiger partial charge in [0.05, 0.1) is 13.5 Å². The fourth-order valence-electron chi connectivity index (χ4n) is 3.13. The second-order valence-electron chi connectivity index (χ2n) is 6.05. The number of esters is 1. The fraction of sp³-hybridized carbons (Fsp3) is 0.316. The number of nitrogens with zero attached hydrogens (tertiary/aromatic N) is 1. The summed E-state index contributed by atoms with van der Waals surface area (Å²) >= 11 is 0. The lowest BCUT2D eigenvalue weighted by Crippen LogP contribution is -2.30. The van der Waals surface area contributed by atoms with Gasteiger partial charge in [-0.2, -0.15) is 0 Å². The lowest BCUT2D eigenvalue weighted by Gasteiger charge is -2.24. The summed E-state index contributed by atoms with van der Waals surface area (Å²) in [6.07, 6.45) is 1.17. The number of ether oxygens (including phenoxy) is 2. The molecule has 0 saturated heterocycles. The van der Waals surface area contributed by atoms with Crippen LogP contribution in [0.1, 0.15) is 17.5 Å². The van der Waals surface area contributed by atoms with E-state index in [2.05, 4.69) is 4.90 Å². The van der Waals surface area contributed by atoms with E-state index < -0.39 is 0 Å². The van der Waals surface area contributed by atoms with Gasteiger partial charge >= 0.3 is 5.97 Å². The second-order valence-corrected chi connectivity index (χ2v) is 6.05. The molecule has 0 unspecified atom stereocenters. The standard InChI is InChI=1S/C19H19B2NO3/c1-24-16(23)8-10-22-9-7-14-11-15(20)19(17(21)18(14)22)25-12-13-5-3-2-4-6-13/h2-6,11H,7-10,12H2,1H3. The van der Waals surface area contributed by atoms with E-state index in [-0.39, 0.29) is 5.97 Å². The van der Waals surface area contributed by atoms with E-state index in [9.17, 15) is 4.79 Å². The summed E-state index contributed by atoms with van der Waals surface area (Å²) < 4.78 is 10.6. The van der Waals surface area contributed by atoms with Crippen LogP contribution in [0, 0.1) is 0 Å². The molecule has 1 aliphatic heterocycles. The van der Waals surface area contributed by atoms with Crippen LogP contribution in [0.25, 0.3) is 0 Å². The van der Waals surface area contributed by atoms with E-state index in [4.69, 9.17) is 25.2 Å². The maximum Gasteiger partial charge on any atom is 0.307 e. The van der Waals surface area contributed by atoms with E-state index in [1.807, 2.05) is 36.4 Å². The molecule has 0 atom stereocenters. The number of benzene rings is 2. The maximum absolute atomic E-state index is 11.4. The van der Waals surface area contributed by atoms with Crippen LogP contribution in [0.5, 0.6) is 5.75 Å². The van der Waals surface area contributed by atoms with Gasteiger partial charge in [0.1, 0.15) is 28.0 Å². The average molecular weight is 331 g/mol. The van der Waals surface area contributed by atoms with Gasteiger partial charge in [-0.3, -0.25) is 4.79 Å². The first-order chi connectivity index (χ1) is 12.1. The van der Waals surface area contributed by atoms with Crippen molar-refractivity contribution >= 4 is 38.3 Å². The van der Waals surface area contributed by atoms with Gasteiger partial charge in [-0.1, -0.05) is 41.9 Å². The molecule has 25 heavy (non-hydrogen) atoms. The third-order valence-electron chi connectivity index (χ3n) is 4.40. The van der Waals surface area contributed by atoms with Crippen molar-refractivity contribution in [2.75, 3.05) is 25.1 Å².